The summed E-state index contributed by atoms with van der Waals surface area (Å²) in [5.41, 5.74) is 2.69. The molecule has 5 aliphatic rings. The standard InChI is InChI=1S/C35H46F3N5S/c1-24-27-10-9-11-29(31(27)36)35(37,38)13-12-26-21-42(22-26)16-7-5-6-8-17-43-25(2)30(34(3)14-18-44(4)19-15-34)20-28-32(41-24)39-23-40-33(28)43/h9-11,20,23-24,26H,2,4-8,12-19,21-22H2,1,3H3,(H,39,40,41). The van der Waals surface area contributed by atoms with Gasteiger partial charge in [-0.05, 0) is 80.1 Å². The van der Waals surface area contributed by atoms with Crippen LogP contribution in [0.1, 0.15) is 87.9 Å². The average Bonchev–Trinajstić information content (AvgIpc) is 2.97. The van der Waals surface area contributed by atoms with Crippen LogP contribution in [0, 0.1) is 17.2 Å². The molecule has 0 radical (unpaired) electrons. The summed E-state index contributed by atoms with van der Waals surface area (Å²) in [6.07, 6.45) is 10.2. The van der Waals surface area contributed by atoms with E-state index in [4.69, 9.17) is 4.98 Å². The zero-order chi connectivity index (χ0) is 31.1. The molecule has 0 spiro atoms. The van der Waals surface area contributed by atoms with Gasteiger partial charge in [0.15, 0.2) is 0 Å². The van der Waals surface area contributed by atoms with Crippen molar-refractivity contribution in [1.29, 1.82) is 0 Å². The van der Waals surface area contributed by atoms with Gasteiger partial charge in [-0.25, -0.2) is 23.1 Å². The van der Waals surface area contributed by atoms with Gasteiger partial charge in [0.25, 0.3) is 5.92 Å². The predicted molar refractivity (Wildman–Crippen MR) is 178 cm³/mol. The van der Waals surface area contributed by atoms with E-state index in [9.17, 15) is 0 Å². The largest absolute Gasteiger partial charge is 0.363 e. The first kappa shape index (κ1) is 31.3. The quantitative estimate of drug-likeness (QED) is 0.323. The average molecular weight is 626 g/mol. The molecule has 0 saturated carbocycles. The molecule has 6 heterocycles. The molecule has 238 valence electrons. The predicted octanol–water partition coefficient (Wildman–Crippen LogP) is 8.38. The maximum absolute atomic E-state index is 15.9. The number of fused-ring (bicyclic) bond motifs is 8. The monoisotopic (exact) mass is 625 g/mol. The van der Waals surface area contributed by atoms with Gasteiger partial charge in [0.1, 0.15) is 23.8 Å². The zero-order valence-electron chi connectivity index (χ0n) is 26.2. The van der Waals surface area contributed by atoms with E-state index in [1.165, 1.54) is 18.0 Å². The van der Waals surface area contributed by atoms with Gasteiger partial charge in [-0.15, -0.1) is 0 Å². The molecule has 5 nitrogen and oxygen atoms in total. The highest BCUT2D eigenvalue weighted by atomic mass is 32.2. The molecule has 0 amide bonds. The number of halogens is 3. The first-order chi connectivity index (χ1) is 21.1. The number of hydrogen-bond acceptors (Lipinski definition) is 5. The van der Waals surface area contributed by atoms with Gasteiger partial charge in [0.05, 0.1) is 17.2 Å². The lowest BCUT2D eigenvalue weighted by Crippen LogP contribution is -2.47. The van der Waals surface area contributed by atoms with E-state index in [2.05, 4.69) is 45.5 Å². The summed E-state index contributed by atoms with van der Waals surface area (Å²) in [6, 6.07) is 3.78. The highest BCUT2D eigenvalue weighted by molar-refractivity contribution is 8.14. The van der Waals surface area contributed by atoms with Crippen molar-refractivity contribution in [1.82, 2.24) is 14.9 Å². The Hall–Kier alpha value is -2.65. The molecule has 1 aromatic heterocycles. The molecule has 1 N–H and O–H groups in total. The van der Waals surface area contributed by atoms with Crippen molar-refractivity contribution in [3.63, 3.8) is 0 Å². The van der Waals surface area contributed by atoms with Gasteiger partial charge in [-0.2, -0.15) is 10.5 Å². The topological polar surface area (TPSA) is 44.3 Å². The van der Waals surface area contributed by atoms with E-state index in [-0.39, 0.29) is 33.8 Å². The van der Waals surface area contributed by atoms with Crippen LogP contribution in [-0.2, 0) is 5.92 Å². The Morgan fingerprint density at radius 1 is 1.02 bits per heavy atom. The number of alkyl halides is 2. The number of nitrogens with one attached hydrogen (secondary N) is 1. The van der Waals surface area contributed by atoms with Crippen molar-refractivity contribution in [2.45, 2.75) is 77.2 Å². The minimum Gasteiger partial charge on any atom is -0.363 e. The molecule has 2 fully saturated rings. The van der Waals surface area contributed by atoms with E-state index in [1.807, 2.05) is 0 Å². The highest BCUT2D eigenvalue weighted by Crippen LogP contribution is 2.50. The van der Waals surface area contributed by atoms with Gasteiger partial charge in [0.2, 0.25) is 0 Å². The molecular formula is C35H46F3N5S. The van der Waals surface area contributed by atoms with Crippen molar-refractivity contribution in [3.05, 3.63) is 64.9 Å². The number of allylic oxidation sites excluding steroid dienone is 1. The second-order valence-corrected chi connectivity index (χ2v) is 15.6. The maximum Gasteiger partial charge on any atom is 0.276 e. The molecule has 1 aromatic carbocycles. The second-order valence-electron chi connectivity index (χ2n) is 13.6. The Morgan fingerprint density at radius 2 is 1.75 bits per heavy atom. The molecule has 8 bridgehead atoms. The van der Waals surface area contributed by atoms with Crippen molar-refractivity contribution in [3.8, 4) is 0 Å². The molecule has 44 heavy (non-hydrogen) atoms. The Balaban J connectivity index is 1.37. The van der Waals surface area contributed by atoms with Crippen LogP contribution in [0.2, 0.25) is 0 Å². The third-order valence-corrected chi connectivity index (χ3v) is 11.9. The smallest absolute Gasteiger partial charge is 0.276 e. The first-order valence-electron chi connectivity index (χ1n) is 16.2. The summed E-state index contributed by atoms with van der Waals surface area (Å²) in [4.78, 5) is 13.9. The summed E-state index contributed by atoms with van der Waals surface area (Å²) in [7, 11) is 0.193. The molecule has 1 atom stereocenters. The Kier molecular flexibility index (Phi) is 8.99. The highest BCUT2D eigenvalue weighted by Gasteiger charge is 2.40. The molecule has 5 aliphatic heterocycles. The summed E-state index contributed by atoms with van der Waals surface area (Å²) < 4.78 is 46.7. The minimum absolute atomic E-state index is 0.0414. The fourth-order valence-electron chi connectivity index (χ4n) is 7.32. The van der Waals surface area contributed by atoms with Crippen LogP contribution in [-0.4, -0.2) is 58.4 Å². The van der Waals surface area contributed by atoms with Crippen LogP contribution in [0.3, 0.4) is 0 Å². The summed E-state index contributed by atoms with van der Waals surface area (Å²) >= 11 is 0. The molecule has 0 aliphatic carbocycles. The lowest BCUT2D eigenvalue weighted by molar-refractivity contribution is -0.0320. The SMILES string of the molecule is C=C1C(C2(C)CCS(=C)CC2)=Cc2c3ncnc2N1CCCCCCN1CC(CCC(F)(F)c2cccc(c2F)C(C)N3)C1. The third-order valence-electron chi connectivity index (χ3n) is 10.3. The normalized spacial score (nSPS) is 31.2. The van der Waals surface area contributed by atoms with Crippen molar-refractivity contribution < 1.29 is 13.2 Å². The van der Waals surface area contributed by atoms with Gasteiger partial charge >= 0.3 is 0 Å². The summed E-state index contributed by atoms with van der Waals surface area (Å²) in [5.74, 6) is 4.08. The number of hydrogen-bond donors (Lipinski definition) is 1. The van der Waals surface area contributed by atoms with Crippen LogP contribution in [0.15, 0.2) is 42.4 Å². The fraction of sp³-hybridized carbons (Fsp3) is 0.571. The van der Waals surface area contributed by atoms with E-state index in [0.717, 1.165) is 93.3 Å². The molecule has 2 saturated heterocycles. The summed E-state index contributed by atoms with van der Waals surface area (Å²) in [6.45, 7) is 12.3. The molecular weight excluding hydrogens is 579 g/mol. The van der Waals surface area contributed by atoms with Crippen LogP contribution < -0.4 is 10.2 Å². The first-order valence-corrected chi connectivity index (χ1v) is 18.0. The Labute approximate surface area is 263 Å². The maximum atomic E-state index is 15.9. The Bertz CT molecular complexity index is 1440. The molecule has 9 heteroatoms. The number of benzene rings is 1. The number of rotatable bonds is 1. The third kappa shape index (κ3) is 6.23. The minimum atomic E-state index is -3.23. The van der Waals surface area contributed by atoms with Gasteiger partial charge in [-0.1, -0.05) is 50.4 Å². The van der Waals surface area contributed by atoms with Gasteiger partial charge in [0, 0.05) is 37.3 Å². The van der Waals surface area contributed by atoms with Gasteiger partial charge < -0.3 is 15.1 Å². The lowest BCUT2D eigenvalue weighted by Gasteiger charge is -2.43. The second kappa shape index (κ2) is 12.6. The zero-order valence-corrected chi connectivity index (χ0v) is 27.0. The van der Waals surface area contributed by atoms with Crippen LogP contribution in [0.25, 0.3) is 6.08 Å². The lowest BCUT2D eigenvalue weighted by atomic mass is 9.74. The van der Waals surface area contributed by atoms with E-state index < -0.39 is 23.3 Å². The van der Waals surface area contributed by atoms with E-state index in [1.54, 1.807) is 19.1 Å². The van der Waals surface area contributed by atoms with Crippen molar-refractivity contribution in [2.24, 2.45) is 11.3 Å². The number of nitrogens with zero attached hydrogens (tertiary/aromatic N) is 4. The molecule has 7 rings (SSSR count). The van der Waals surface area contributed by atoms with E-state index >= 15 is 13.2 Å². The van der Waals surface area contributed by atoms with E-state index in [0.29, 0.717) is 12.2 Å². The van der Waals surface area contributed by atoms with Crippen molar-refractivity contribution in [2.75, 3.05) is 47.9 Å². The summed E-state index contributed by atoms with van der Waals surface area (Å²) in [5, 5.41) is 3.38. The Morgan fingerprint density at radius 3 is 2.50 bits per heavy atom. The molecule has 2 aromatic rings. The fourth-order valence-corrected chi connectivity index (χ4v) is 9.00. The van der Waals surface area contributed by atoms with Crippen LogP contribution >= 0.6 is 10.5 Å². The van der Waals surface area contributed by atoms with Crippen LogP contribution in [0.4, 0.5) is 24.8 Å². The van der Waals surface area contributed by atoms with Gasteiger partial charge in [-0.3, -0.25) is 0 Å². The van der Waals surface area contributed by atoms with Crippen LogP contribution in [0.5, 0.6) is 0 Å². The number of aromatic nitrogens is 2. The molecule has 1 unspecified atom stereocenters. The van der Waals surface area contributed by atoms with Crippen molar-refractivity contribution >= 4 is 34.1 Å². The number of anilines is 2.